The second-order valence-electron chi connectivity index (χ2n) is 4.02. The first kappa shape index (κ1) is 15.1. The third-order valence-corrected chi connectivity index (χ3v) is 3.18. The summed E-state index contributed by atoms with van der Waals surface area (Å²) in [6.07, 6.45) is 0. The molecule has 0 saturated heterocycles. The van der Waals surface area contributed by atoms with E-state index >= 15 is 0 Å². The van der Waals surface area contributed by atoms with Crippen molar-refractivity contribution in [2.45, 2.75) is 0 Å². The molecule has 0 aliphatic heterocycles. The number of oxime groups is 1. The van der Waals surface area contributed by atoms with Crippen molar-refractivity contribution >= 4 is 21.8 Å². The van der Waals surface area contributed by atoms with Crippen molar-refractivity contribution < 1.29 is 19.1 Å². The van der Waals surface area contributed by atoms with Crippen LogP contribution in [-0.2, 0) is 0 Å². The van der Waals surface area contributed by atoms with E-state index in [0.29, 0.717) is 15.8 Å². The maximum Gasteiger partial charge on any atom is 0.173 e. The van der Waals surface area contributed by atoms with Crippen LogP contribution in [0.4, 0.5) is 4.39 Å². The molecule has 2 rings (SSSR count). The highest BCUT2D eigenvalue weighted by Gasteiger charge is 2.13. The summed E-state index contributed by atoms with van der Waals surface area (Å²) in [7, 11) is 1.49. The Morgan fingerprint density at radius 1 is 1.24 bits per heavy atom. The zero-order valence-corrected chi connectivity index (χ0v) is 12.6. The van der Waals surface area contributed by atoms with Crippen LogP contribution >= 0.6 is 15.9 Å². The van der Waals surface area contributed by atoms with Crippen LogP contribution in [-0.4, -0.2) is 18.2 Å². The Kier molecular flexibility index (Phi) is 4.64. The summed E-state index contributed by atoms with van der Waals surface area (Å²) in [5.74, 6) is 0.0238. The minimum Gasteiger partial charge on any atom is -0.497 e. The number of nitrogens with two attached hydrogens (primary N) is 1. The summed E-state index contributed by atoms with van der Waals surface area (Å²) in [4.78, 5) is 0. The number of amidine groups is 1. The van der Waals surface area contributed by atoms with Gasteiger partial charge in [-0.05, 0) is 30.3 Å². The Hall–Kier alpha value is -2.28. The SMILES string of the molecule is COc1ccc(/C(N)=N/O)c(Oc2cc(Br)ccc2F)c1. The Morgan fingerprint density at radius 3 is 2.67 bits per heavy atom. The van der Waals surface area contributed by atoms with Crippen LogP contribution in [0.5, 0.6) is 17.2 Å². The van der Waals surface area contributed by atoms with Crippen molar-refractivity contribution in [3.8, 4) is 17.2 Å². The van der Waals surface area contributed by atoms with Crippen molar-refractivity contribution in [2.75, 3.05) is 7.11 Å². The number of hydrogen-bond donors (Lipinski definition) is 2. The lowest BCUT2D eigenvalue weighted by molar-refractivity contribution is 0.318. The average molecular weight is 355 g/mol. The molecule has 0 radical (unpaired) electrons. The van der Waals surface area contributed by atoms with E-state index in [0.717, 1.165) is 0 Å². The molecule has 0 amide bonds. The van der Waals surface area contributed by atoms with Crippen LogP contribution in [0, 0.1) is 5.82 Å². The fraction of sp³-hybridized carbons (Fsp3) is 0.0714. The molecule has 21 heavy (non-hydrogen) atoms. The smallest absolute Gasteiger partial charge is 0.173 e. The number of nitrogens with zero attached hydrogens (tertiary/aromatic N) is 1. The fourth-order valence-corrected chi connectivity index (χ4v) is 1.99. The second-order valence-corrected chi connectivity index (χ2v) is 4.94. The van der Waals surface area contributed by atoms with E-state index in [9.17, 15) is 4.39 Å². The summed E-state index contributed by atoms with van der Waals surface area (Å²) < 4.78 is 25.0. The van der Waals surface area contributed by atoms with Gasteiger partial charge in [0.05, 0.1) is 12.7 Å². The Labute approximate surface area is 128 Å². The number of hydrogen-bond acceptors (Lipinski definition) is 4. The molecule has 0 aliphatic carbocycles. The molecule has 3 N–H and O–H groups in total. The van der Waals surface area contributed by atoms with Crippen molar-refractivity contribution in [3.63, 3.8) is 0 Å². The van der Waals surface area contributed by atoms with E-state index < -0.39 is 5.82 Å². The third kappa shape index (κ3) is 3.43. The molecule has 7 heteroatoms. The molecular formula is C14H12BrFN2O3. The fourth-order valence-electron chi connectivity index (χ4n) is 1.65. The van der Waals surface area contributed by atoms with Crippen molar-refractivity contribution in [1.29, 1.82) is 0 Å². The van der Waals surface area contributed by atoms with Gasteiger partial charge in [0.1, 0.15) is 11.5 Å². The molecule has 0 unspecified atom stereocenters. The largest absolute Gasteiger partial charge is 0.497 e. The summed E-state index contributed by atoms with van der Waals surface area (Å²) >= 11 is 3.24. The van der Waals surface area contributed by atoms with E-state index in [-0.39, 0.29) is 17.3 Å². The van der Waals surface area contributed by atoms with Crippen LogP contribution in [0.3, 0.4) is 0 Å². The minimum absolute atomic E-state index is 0.00428. The van der Waals surface area contributed by atoms with Crippen LogP contribution in [0.25, 0.3) is 0 Å². The molecule has 0 fully saturated rings. The van der Waals surface area contributed by atoms with E-state index in [1.165, 1.54) is 25.3 Å². The molecule has 0 aliphatic rings. The summed E-state index contributed by atoms with van der Waals surface area (Å²) in [6, 6.07) is 9.00. The summed E-state index contributed by atoms with van der Waals surface area (Å²) in [6.45, 7) is 0. The normalized spacial score (nSPS) is 11.3. The lowest BCUT2D eigenvalue weighted by Crippen LogP contribution is -2.14. The number of methoxy groups -OCH3 is 1. The molecule has 0 saturated carbocycles. The molecule has 110 valence electrons. The zero-order chi connectivity index (χ0) is 15.4. The first-order chi connectivity index (χ1) is 10.0. The van der Waals surface area contributed by atoms with Crippen molar-refractivity contribution in [1.82, 2.24) is 0 Å². The Morgan fingerprint density at radius 2 is 2.00 bits per heavy atom. The van der Waals surface area contributed by atoms with Crippen molar-refractivity contribution in [2.24, 2.45) is 10.9 Å². The van der Waals surface area contributed by atoms with Gasteiger partial charge < -0.3 is 20.4 Å². The van der Waals surface area contributed by atoms with Gasteiger partial charge in [-0.25, -0.2) is 4.39 Å². The van der Waals surface area contributed by atoms with E-state index in [1.807, 2.05) is 0 Å². The minimum atomic E-state index is -0.536. The standard InChI is InChI=1S/C14H12BrFN2O3/c1-20-9-3-4-10(14(17)18-19)12(7-9)21-13-6-8(15)2-5-11(13)16/h2-7,19H,1H3,(H2,17,18). The highest BCUT2D eigenvalue weighted by Crippen LogP contribution is 2.32. The van der Waals surface area contributed by atoms with Gasteiger partial charge in [0, 0.05) is 10.5 Å². The lowest BCUT2D eigenvalue weighted by Gasteiger charge is -2.12. The first-order valence-electron chi connectivity index (χ1n) is 5.84. The molecule has 0 bridgehead atoms. The van der Waals surface area contributed by atoms with Crippen LogP contribution in [0.2, 0.25) is 0 Å². The van der Waals surface area contributed by atoms with Crippen molar-refractivity contribution in [3.05, 3.63) is 52.3 Å². The van der Waals surface area contributed by atoms with Crippen LogP contribution in [0.1, 0.15) is 5.56 Å². The number of halogens is 2. The molecular weight excluding hydrogens is 343 g/mol. The first-order valence-corrected chi connectivity index (χ1v) is 6.63. The van der Waals surface area contributed by atoms with Gasteiger partial charge >= 0.3 is 0 Å². The summed E-state index contributed by atoms with van der Waals surface area (Å²) in [5, 5.41) is 11.7. The molecule has 0 atom stereocenters. The monoisotopic (exact) mass is 354 g/mol. The highest BCUT2D eigenvalue weighted by atomic mass is 79.9. The van der Waals surface area contributed by atoms with Crippen LogP contribution in [0.15, 0.2) is 46.0 Å². The quantitative estimate of drug-likeness (QED) is 0.381. The van der Waals surface area contributed by atoms with E-state index in [2.05, 4.69) is 21.1 Å². The molecule has 2 aromatic rings. The van der Waals surface area contributed by atoms with E-state index in [1.54, 1.807) is 18.2 Å². The molecule has 5 nitrogen and oxygen atoms in total. The highest BCUT2D eigenvalue weighted by molar-refractivity contribution is 9.10. The lowest BCUT2D eigenvalue weighted by atomic mass is 10.1. The van der Waals surface area contributed by atoms with Gasteiger partial charge in [0.25, 0.3) is 0 Å². The van der Waals surface area contributed by atoms with Gasteiger partial charge in [-0.15, -0.1) is 0 Å². The molecule has 0 aromatic heterocycles. The summed E-state index contributed by atoms with van der Waals surface area (Å²) in [5.41, 5.74) is 5.90. The maximum absolute atomic E-state index is 13.8. The van der Waals surface area contributed by atoms with Gasteiger partial charge in [0.15, 0.2) is 17.4 Å². The second kappa shape index (κ2) is 6.45. The van der Waals surface area contributed by atoms with Crippen LogP contribution < -0.4 is 15.2 Å². The van der Waals surface area contributed by atoms with Gasteiger partial charge in [-0.1, -0.05) is 21.1 Å². The molecule has 0 heterocycles. The molecule has 2 aromatic carbocycles. The third-order valence-electron chi connectivity index (χ3n) is 2.69. The maximum atomic E-state index is 13.8. The topological polar surface area (TPSA) is 77.1 Å². The number of rotatable bonds is 4. The number of ether oxygens (including phenoxy) is 2. The Bertz CT molecular complexity index is 692. The van der Waals surface area contributed by atoms with E-state index in [4.69, 9.17) is 20.4 Å². The molecule has 0 spiro atoms. The zero-order valence-electron chi connectivity index (χ0n) is 11.0. The Balaban J connectivity index is 2.48. The average Bonchev–Trinajstić information content (AvgIpc) is 2.50. The number of benzene rings is 2. The predicted molar refractivity (Wildman–Crippen MR) is 79.7 cm³/mol. The predicted octanol–water partition coefficient (Wildman–Crippen LogP) is 3.48. The van der Waals surface area contributed by atoms with Gasteiger partial charge in [0.2, 0.25) is 0 Å². The van der Waals surface area contributed by atoms with Gasteiger partial charge in [-0.2, -0.15) is 0 Å². The van der Waals surface area contributed by atoms with Gasteiger partial charge in [-0.3, -0.25) is 0 Å².